The van der Waals surface area contributed by atoms with Gasteiger partial charge in [0.1, 0.15) is 0 Å². The van der Waals surface area contributed by atoms with E-state index < -0.39 is 0 Å². The summed E-state index contributed by atoms with van der Waals surface area (Å²) in [6.45, 7) is 4.60. The molecule has 0 aliphatic heterocycles. The highest BCUT2D eigenvalue weighted by molar-refractivity contribution is 5.90. The van der Waals surface area contributed by atoms with E-state index in [0.29, 0.717) is 6.54 Å². The highest BCUT2D eigenvalue weighted by atomic mass is 16.2. The molecule has 0 fully saturated rings. The maximum absolute atomic E-state index is 11.8. The summed E-state index contributed by atoms with van der Waals surface area (Å²) in [6, 6.07) is 9.66. The van der Waals surface area contributed by atoms with E-state index >= 15 is 0 Å². The maximum atomic E-state index is 11.8. The second-order valence-electron chi connectivity index (χ2n) is 4.81. The quantitative estimate of drug-likeness (QED) is 0.896. The third-order valence-electron chi connectivity index (χ3n) is 3.05. The molecule has 0 radical (unpaired) electrons. The number of carbonyl (C=O) groups excluding carboxylic acids is 1. The van der Waals surface area contributed by atoms with Crippen molar-refractivity contribution in [2.75, 3.05) is 11.9 Å². The normalized spacial score (nSPS) is 10.1. The van der Waals surface area contributed by atoms with Crippen LogP contribution in [0.5, 0.6) is 0 Å². The van der Waals surface area contributed by atoms with Crippen LogP contribution in [0.15, 0.2) is 42.7 Å². The van der Waals surface area contributed by atoms with Crippen LogP contribution in [0.2, 0.25) is 0 Å². The van der Waals surface area contributed by atoms with Gasteiger partial charge >= 0.3 is 6.03 Å². The average Bonchev–Trinajstić information content (AvgIpc) is 2.43. The number of nitrogens with zero attached hydrogens (tertiary/aromatic N) is 1. The van der Waals surface area contributed by atoms with Gasteiger partial charge in [-0.2, -0.15) is 0 Å². The summed E-state index contributed by atoms with van der Waals surface area (Å²) in [5, 5.41) is 5.70. The van der Waals surface area contributed by atoms with Crippen LogP contribution in [0, 0.1) is 13.8 Å². The van der Waals surface area contributed by atoms with Crippen molar-refractivity contribution in [3.05, 3.63) is 59.4 Å². The van der Waals surface area contributed by atoms with Gasteiger partial charge in [-0.15, -0.1) is 0 Å². The Kier molecular flexibility index (Phi) is 4.71. The zero-order valence-corrected chi connectivity index (χ0v) is 11.8. The molecule has 1 aromatic carbocycles. The Morgan fingerprint density at radius 3 is 2.80 bits per heavy atom. The molecule has 4 heteroatoms. The van der Waals surface area contributed by atoms with Crippen molar-refractivity contribution in [1.29, 1.82) is 0 Å². The van der Waals surface area contributed by atoms with Crippen molar-refractivity contribution < 1.29 is 4.79 Å². The van der Waals surface area contributed by atoms with Crippen molar-refractivity contribution >= 4 is 11.7 Å². The van der Waals surface area contributed by atoms with Gasteiger partial charge in [0.05, 0.1) is 0 Å². The largest absolute Gasteiger partial charge is 0.338 e. The first-order chi connectivity index (χ1) is 9.65. The number of urea groups is 1. The molecule has 4 nitrogen and oxygen atoms in total. The number of hydrogen-bond acceptors (Lipinski definition) is 2. The van der Waals surface area contributed by atoms with Gasteiger partial charge in [0.25, 0.3) is 0 Å². The number of amides is 2. The van der Waals surface area contributed by atoms with Crippen molar-refractivity contribution in [3.8, 4) is 0 Å². The van der Waals surface area contributed by atoms with E-state index in [1.54, 1.807) is 6.20 Å². The molecule has 104 valence electrons. The third-order valence-corrected chi connectivity index (χ3v) is 3.05. The molecule has 0 aliphatic carbocycles. The Morgan fingerprint density at radius 1 is 1.25 bits per heavy atom. The standard InChI is InChI=1S/C16H19N3O/c1-12-5-6-15(13(2)10-12)19-16(20)18-9-7-14-4-3-8-17-11-14/h3-6,8,10-11H,7,9H2,1-2H3,(H2,18,19,20). The van der Waals surface area contributed by atoms with Gasteiger partial charge in [0.2, 0.25) is 0 Å². The van der Waals surface area contributed by atoms with Crippen LogP contribution in [-0.4, -0.2) is 17.6 Å². The number of pyridine rings is 1. The first-order valence-corrected chi connectivity index (χ1v) is 6.66. The van der Waals surface area contributed by atoms with Crippen molar-refractivity contribution in [3.63, 3.8) is 0 Å². The van der Waals surface area contributed by atoms with Gasteiger partial charge in [-0.05, 0) is 43.5 Å². The molecule has 2 amide bonds. The van der Waals surface area contributed by atoms with E-state index in [1.165, 1.54) is 5.56 Å². The number of anilines is 1. The van der Waals surface area contributed by atoms with Crippen molar-refractivity contribution in [2.24, 2.45) is 0 Å². The predicted octanol–water partition coefficient (Wildman–Crippen LogP) is 3.06. The topological polar surface area (TPSA) is 54.0 Å². The smallest absolute Gasteiger partial charge is 0.319 e. The number of carbonyl (C=O) groups is 1. The lowest BCUT2D eigenvalue weighted by Crippen LogP contribution is -2.30. The van der Waals surface area contributed by atoms with Gasteiger partial charge < -0.3 is 10.6 Å². The van der Waals surface area contributed by atoms with Gasteiger partial charge in [0, 0.05) is 24.6 Å². The van der Waals surface area contributed by atoms with Gasteiger partial charge in [-0.25, -0.2) is 4.79 Å². The average molecular weight is 269 g/mol. The van der Waals surface area contributed by atoms with Gasteiger partial charge in [0.15, 0.2) is 0 Å². The Morgan fingerprint density at radius 2 is 2.10 bits per heavy atom. The second-order valence-corrected chi connectivity index (χ2v) is 4.81. The molecule has 0 spiro atoms. The lowest BCUT2D eigenvalue weighted by molar-refractivity contribution is 0.252. The minimum absolute atomic E-state index is 0.180. The molecule has 1 aromatic heterocycles. The van der Waals surface area contributed by atoms with E-state index in [9.17, 15) is 4.79 Å². The maximum Gasteiger partial charge on any atom is 0.319 e. The first-order valence-electron chi connectivity index (χ1n) is 6.66. The van der Waals surface area contributed by atoms with Crippen molar-refractivity contribution in [1.82, 2.24) is 10.3 Å². The van der Waals surface area contributed by atoms with E-state index in [2.05, 4.69) is 15.6 Å². The third kappa shape index (κ3) is 4.09. The number of hydrogen-bond donors (Lipinski definition) is 2. The zero-order valence-electron chi connectivity index (χ0n) is 11.8. The van der Waals surface area contributed by atoms with E-state index in [0.717, 1.165) is 23.2 Å². The number of rotatable bonds is 4. The molecule has 0 bridgehead atoms. The SMILES string of the molecule is Cc1ccc(NC(=O)NCCc2cccnc2)c(C)c1. The number of nitrogens with one attached hydrogen (secondary N) is 2. The molecule has 0 atom stereocenters. The predicted molar refractivity (Wildman–Crippen MR) is 80.9 cm³/mol. The van der Waals surface area contributed by atoms with E-state index in [1.807, 2.05) is 50.4 Å². The fourth-order valence-corrected chi connectivity index (χ4v) is 1.99. The summed E-state index contributed by atoms with van der Waals surface area (Å²) < 4.78 is 0. The Hall–Kier alpha value is -2.36. The fourth-order valence-electron chi connectivity index (χ4n) is 1.99. The monoisotopic (exact) mass is 269 g/mol. The molecule has 0 saturated carbocycles. The molecule has 0 unspecified atom stereocenters. The Bertz CT molecular complexity index is 582. The molecule has 2 N–H and O–H groups in total. The summed E-state index contributed by atoms with van der Waals surface area (Å²) in [7, 11) is 0. The number of benzene rings is 1. The summed E-state index contributed by atoms with van der Waals surface area (Å²) in [4.78, 5) is 15.8. The Balaban J connectivity index is 1.81. The van der Waals surface area contributed by atoms with E-state index in [-0.39, 0.29) is 6.03 Å². The van der Waals surface area contributed by atoms with E-state index in [4.69, 9.17) is 0 Å². The fraction of sp³-hybridized carbons (Fsp3) is 0.250. The second kappa shape index (κ2) is 6.70. The lowest BCUT2D eigenvalue weighted by atomic mass is 10.1. The lowest BCUT2D eigenvalue weighted by Gasteiger charge is -2.10. The van der Waals surface area contributed by atoms with Crippen LogP contribution in [0.3, 0.4) is 0 Å². The molecule has 0 saturated heterocycles. The molecule has 1 heterocycles. The van der Waals surface area contributed by atoms with Crippen LogP contribution in [0.4, 0.5) is 10.5 Å². The minimum Gasteiger partial charge on any atom is -0.338 e. The summed E-state index contributed by atoms with van der Waals surface area (Å²) in [5.41, 5.74) is 4.20. The van der Waals surface area contributed by atoms with Crippen LogP contribution in [-0.2, 0) is 6.42 Å². The molecule has 2 aromatic rings. The summed E-state index contributed by atoms with van der Waals surface area (Å²) in [6.07, 6.45) is 4.32. The molecular weight excluding hydrogens is 250 g/mol. The van der Waals surface area contributed by atoms with Crippen LogP contribution < -0.4 is 10.6 Å². The number of aryl methyl sites for hydroxylation is 2. The number of aromatic nitrogens is 1. The molecule has 20 heavy (non-hydrogen) atoms. The zero-order chi connectivity index (χ0) is 14.4. The molecule has 0 aliphatic rings. The molecular formula is C16H19N3O. The highest BCUT2D eigenvalue weighted by Gasteiger charge is 2.04. The van der Waals surface area contributed by atoms with Crippen molar-refractivity contribution in [2.45, 2.75) is 20.3 Å². The summed E-state index contributed by atoms with van der Waals surface area (Å²) in [5.74, 6) is 0. The highest BCUT2D eigenvalue weighted by Crippen LogP contribution is 2.15. The van der Waals surface area contributed by atoms with Gasteiger partial charge in [-0.1, -0.05) is 23.8 Å². The summed E-state index contributed by atoms with van der Waals surface area (Å²) >= 11 is 0. The Labute approximate surface area is 119 Å². The van der Waals surface area contributed by atoms with Crippen LogP contribution in [0.1, 0.15) is 16.7 Å². The first kappa shape index (κ1) is 14.1. The molecule has 2 rings (SSSR count). The minimum atomic E-state index is -0.180. The van der Waals surface area contributed by atoms with Gasteiger partial charge in [-0.3, -0.25) is 4.98 Å². The van der Waals surface area contributed by atoms with Crippen LogP contribution >= 0.6 is 0 Å². The van der Waals surface area contributed by atoms with Crippen LogP contribution in [0.25, 0.3) is 0 Å².